The Morgan fingerprint density at radius 1 is 1.19 bits per heavy atom. The highest BCUT2D eigenvalue weighted by Crippen LogP contribution is 2.25. The lowest BCUT2D eigenvalue weighted by molar-refractivity contribution is 0.503. The summed E-state index contributed by atoms with van der Waals surface area (Å²) in [7, 11) is 3.89. The fourth-order valence-electron chi connectivity index (χ4n) is 2.85. The van der Waals surface area contributed by atoms with Crippen molar-refractivity contribution in [2.45, 2.75) is 12.8 Å². The monoisotopic (exact) mass is 286 g/mol. The summed E-state index contributed by atoms with van der Waals surface area (Å²) in [6.45, 7) is 2.71. The third-order valence-corrected chi connectivity index (χ3v) is 4.08. The summed E-state index contributed by atoms with van der Waals surface area (Å²) in [6, 6.07) is 0. The van der Waals surface area contributed by atoms with Crippen molar-refractivity contribution in [3.8, 4) is 0 Å². The number of aromatic nitrogens is 2. The Kier molecular flexibility index (Phi) is 3.77. The van der Waals surface area contributed by atoms with Crippen LogP contribution < -0.4 is 15.5 Å². The van der Waals surface area contributed by atoms with Crippen LogP contribution in [0.4, 0.5) is 11.6 Å². The molecule has 1 fully saturated rings. The minimum atomic E-state index is 0.546. The first-order chi connectivity index (χ1) is 10.1. The van der Waals surface area contributed by atoms with E-state index in [0.29, 0.717) is 12.5 Å². The topological polar surface area (TPSA) is 70.6 Å². The van der Waals surface area contributed by atoms with E-state index in [4.69, 9.17) is 5.73 Å². The molecule has 3 heterocycles. The van der Waals surface area contributed by atoms with Gasteiger partial charge in [-0.3, -0.25) is 4.99 Å². The first-order valence-corrected chi connectivity index (χ1v) is 7.38. The molecular formula is C15H22N6. The second-order valence-corrected chi connectivity index (χ2v) is 5.86. The molecule has 3 rings (SSSR count). The zero-order valence-electron chi connectivity index (χ0n) is 12.7. The standard InChI is InChI=1S/C15H22N6/c1-20(2)15-18-9-13(10-19-15)21-5-3-11(4-6-21)14-7-12(16)8-17-14/h7,9-11H,3-6,8,16H2,1-2H3. The molecule has 1 aromatic rings. The van der Waals surface area contributed by atoms with Gasteiger partial charge < -0.3 is 15.5 Å². The van der Waals surface area contributed by atoms with Crippen LogP contribution in [0.15, 0.2) is 29.2 Å². The summed E-state index contributed by atoms with van der Waals surface area (Å²) < 4.78 is 0. The summed E-state index contributed by atoms with van der Waals surface area (Å²) in [5.74, 6) is 1.29. The highest BCUT2D eigenvalue weighted by Gasteiger charge is 2.24. The molecule has 2 aliphatic rings. The van der Waals surface area contributed by atoms with Crippen molar-refractivity contribution in [1.82, 2.24) is 9.97 Å². The van der Waals surface area contributed by atoms with E-state index in [-0.39, 0.29) is 0 Å². The van der Waals surface area contributed by atoms with Gasteiger partial charge in [-0.1, -0.05) is 0 Å². The molecule has 0 saturated carbocycles. The molecule has 0 aliphatic carbocycles. The van der Waals surface area contributed by atoms with Crippen molar-refractivity contribution in [3.63, 3.8) is 0 Å². The number of nitrogens with two attached hydrogens (primary N) is 1. The van der Waals surface area contributed by atoms with Crippen molar-refractivity contribution in [1.29, 1.82) is 0 Å². The fraction of sp³-hybridized carbons (Fsp3) is 0.533. The van der Waals surface area contributed by atoms with E-state index >= 15 is 0 Å². The first-order valence-electron chi connectivity index (χ1n) is 7.38. The van der Waals surface area contributed by atoms with Gasteiger partial charge in [0, 0.05) is 44.5 Å². The number of piperidine rings is 1. The maximum absolute atomic E-state index is 5.80. The van der Waals surface area contributed by atoms with Crippen LogP contribution in [0.5, 0.6) is 0 Å². The zero-order chi connectivity index (χ0) is 14.8. The Bertz CT molecular complexity index is 552. The van der Waals surface area contributed by atoms with Crippen molar-refractivity contribution in [3.05, 3.63) is 24.2 Å². The number of anilines is 2. The second-order valence-electron chi connectivity index (χ2n) is 5.86. The number of hydrogen-bond donors (Lipinski definition) is 1. The highest BCUT2D eigenvalue weighted by atomic mass is 15.2. The molecule has 1 aromatic heterocycles. The lowest BCUT2D eigenvalue weighted by Gasteiger charge is -2.33. The Balaban J connectivity index is 1.60. The molecule has 6 heteroatoms. The van der Waals surface area contributed by atoms with Gasteiger partial charge in [-0.2, -0.15) is 0 Å². The average Bonchev–Trinajstić information content (AvgIpc) is 2.94. The van der Waals surface area contributed by atoms with Gasteiger partial charge in [0.1, 0.15) is 0 Å². The van der Waals surface area contributed by atoms with Gasteiger partial charge in [0.2, 0.25) is 5.95 Å². The van der Waals surface area contributed by atoms with Crippen molar-refractivity contribution in [2.24, 2.45) is 16.6 Å². The summed E-state index contributed by atoms with van der Waals surface area (Å²) in [6.07, 6.45) is 8.09. The van der Waals surface area contributed by atoms with Crippen LogP contribution in [-0.2, 0) is 0 Å². The van der Waals surface area contributed by atoms with Crippen LogP contribution in [-0.4, -0.2) is 49.4 Å². The minimum absolute atomic E-state index is 0.546. The van der Waals surface area contributed by atoms with Gasteiger partial charge in [0.25, 0.3) is 0 Å². The number of nitrogens with zero attached hydrogens (tertiary/aromatic N) is 5. The van der Waals surface area contributed by atoms with Crippen molar-refractivity contribution < 1.29 is 0 Å². The molecule has 0 unspecified atom stereocenters. The molecule has 112 valence electrons. The number of hydrogen-bond acceptors (Lipinski definition) is 6. The van der Waals surface area contributed by atoms with E-state index in [0.717, 1.165) is 43.3 Å². The highest BCUT2D eigenvalue weighted by molar-refractivity contribution is 5.99. The molecule has 1 saturated heterocycles. The maximum Gasteiger partial charge on any atom is 0.224 e. The quantitative estimate of drug-likeness (QED) is 0.899. The zero-order valence-corrected chi connectivity index (χ0v) is 12.7. The number of rotatable bonds is 3. The molecule has 0 atom stereocenters. The Morgan fingerprint density at radius 2 is 1.86 bits per heavy atom. The molecule has 0 aromatic carbocycles. The van der Waals surface area contributed by atoms with Crippen LogP contribution in [0, 0.1) is 5.92 Å². The van der Waals surface area contributed by atoms with Crippen LogP contribution in [0.2, 0.25) is 0 Å². The molecule has 2 N–H and O–H groups in total. The van der Waals surface area contributed by atoms with E-state index in [2.05, 4.69) is 25.9 Å². The van der Waals surface area contributed by atoms with Gasteiger partial charge in [-0.15, -0.1) is 0 Å². The summed E-state index contributed by atoms with van der Waals surface area (Å²) in [5, 5.41) is 0. The first kappa shape index (κ1) is 13.9. The maximum atomic E-state index is 5.80. The predicted molar refractivity (Wildman–Crippen MR) is 85.9 cm³/mol. The lowest BCUT2D eigenvalue weighted by atomic mass is 9.92. The smallest absolute Gasteiger partial charge is 0.224 e. The van der Waals surface area contributed by atoms with E-state index < -0.39 is 0 Å². The van der Waals surface area contributed by atoms with Crippen LogP contribution in [0.25, 0.3) is 0 Å². The van der Waals surface area contributed by atoms with E-state index in [1.54, 1.807) is 0 Å². The van der Waals surface area contributed by atoms with E-state index in [9.17, 15) is 0 Å². The van der Waals surface area contributed by atoms with Gasteiger partial charge in [0.05, 0.1) is 24.6 Å². The summed E-state index contributed by atoms with van der Waals surface area (Å²) in [5.41, 5.74) is 8.98. The van der Waals surface area contributed by atoms with E-state index in [1.165, 1.54) is 5.71 Å². The van der Waals surface area contributed by atoms with Crippen LogP contribution >= 0.6 is 0 Å². The molecule has 6 nitrogen and oxygen atoms in total. The number of aliphatic imine (C=N–C) groups is 1. The third kappa shape index (κ3) is 2.99. The van der Waals surface area contributed by atoms with Gasteiger partial charge in [-0.05, 0) is 18.9 Å². The Labute approximate surface area is 125 Å². The van der Waals surface area contributed by atoms with Gasteiger partial charge >= 0.3 is 0 Å². The molecule has 2 aliphatic heterocycles. The third-order valence-electron chi connectivity index (χ3n) is 4.08. The number of allylic oxidation sites excluding steroid dienone is 1. The normalized spacial score (nSPS) is 19.4. The lowest BCUT2D eigenvalue weighted by Crippen LogP contribution is -2.36. The predicted octanol–water partition coefficient (Wildman–Crippen LogP) is 1.06. The van der Waals surface area contributed by atoms with Crippen LogP contribution in [0.1, 0.15) is 12.8 Å². The average molecular weight is 286 g/mol. The SMILES string of the molecule is CN(C)c1ncc(N2CCC(C3=NCC(N)=C3)CC2)cn1. The molecular weight excluding hydrogens is 264 g/mol. The molecule has 0 radical (unpaired) electrons. The van der Waals surface area contributed by atoms with Gasteiger partial charge in [-0.25, -0.2) is 9.97 Å². The summed E-state index contributed by atoms with van der Waals surface area (Å²) in [4.78, 5) is 17.5. The van der Waals surface area contributed by atoms with Crippen molar-refractivity contribution >= 4 is 17.3 Å². The molecule has 0 spiro atoms. The molecule has 0 amide bonds. The largest absolute Gasteiger partial charge is 0.400 e. The second kappa shape index (κ2) is 5.71. The molecule has 0 bridgehead atoms. The van der Waals surface area contributed by atoms with Crippen molar-refractivity contribution in [2.75, 3.05) is 43.5 Å². The molecule has 21 heavy (non-hydrogen) atoms. The summed E-state index contributed by atoms with van der Waals surface area (Å²) >= 11 is 0. The van der Waals surface area contributed by atoms with Gasteiger partial charge in [0.15, 0.2) is 0 Å². The Morgan fingerprint density at radius 3 is 2.38 bits per heavy atom. The van der Waals surface area contributed by atoms with Crippen LogP contribution in [0.3, 0.4) is 0 Å². The minimum Gasteiger partial charge on any atom is -0.400 e. The van der Waals surface area contributed by atoms with E-state index in [1.807, 2.05) is 31.4 Å². The Hall–Kier alpha value is -2.11. The fourth-order valence-corrected chi connectivity index (χ4v) is 2.85.